The van der Waals surface area contributed by atoms with E-state index in [0.717, 1.165) is 37.8 Å². The quantitative estimate of drug-likeness (QED) is 0.214. The molecular weight excluding hydrogens is 727 g/mol. The SMILES string of the molecule is C.CC.CC(NC=O)[C@@H]1CCC2(NCCN3CCSCC3)CCC3C(CC[C@H]4C3(C)CCC3C(C)(C)C(c5ccc(C(=O)O)cc5)=CCC34C)[C@@H]12.CCC.COC. The maximum absolute atomic E-state index is 11.7. The van der Waals surface area contributed by atoms with Gasteiger partial charge in [-0.1, -0.05) is 87.4 Å². The van der Waals surface area contributed by atoms with Gasteiger partial charge in [-0.15, -0.1) is 0 Å². The summed E-state index contributed by atoms with van der Waals surface area (Å²) in [5.41, 5.74) is 3.78. The van der Waals surface area contributed by atoms with Gasteiger partial charge in [0.05, 0.1) is 5.56 Å². The Balaban J connectivity index is 0.000000899. The number of nitrogens with zero attached hydrogens (tertiary/aromatic N) is 1. The number of hydrogen-bond donors (Lipinski definition) is 3. The summed E-state index contributed by atoms with van der Waals surface area (Å²) in [6, 6.07) is 7.83. The van der Waals surface area contributed by atoms with Crippen molar-refractivity contribution in [2.24, 2.45) is 51.8 Å². The number of carbonyl (C=O) groups excluding carboxylic acids is 1. The second-order valence-electron chi connectivity index (χ2n) is 18.9. The molecule has 5 fully saturated rings. The molecule has 3 N–H and O–H groups in total. The molecule has 8 heteroatoms. The topological polar surface area (TPSA) is 90.9 Å². The van der Waals surface area contributed by atoms with Crippen LogP contribution in [0.3, 0.4) is 0 Å². The van der Waals surface area contributed by atoms with Crippen LogP contribution in [0.25, 0.3) is 5.57 Å². The third-order valence-electron chi connectivity index (χ3n) is 15.6. The van der Waals surface area contributed by atoms with Crippen molar-refractivity contribution in [1.29, 1.82) is 0 Å². The van der Waals surface area contributed by atoms with Crippen LogP contribution in [0.15, 0.2) is 30.3 Å². The summed E-state index contributed by atoms with van der Waals surface area (Å²) in [5, 5.41) is 17.0. The molecule has 0 spiro atoms. The number of ether oxygens (including phenoxy) is 1. The number of thioether (sulfide) groups is 1. The fourth-order valence-electron chi connectivity index (χ4n) is 13.6. The molecule has 1 aliphatic heterocycles. The van der Waals surface area contributed by atoms with Crippen LogP contribution < -0.4 is 10.6 Å². The third-order valence-corrected chi connectivity index (χ3v) is 16.6. The lowest BCUT2D eigenvalue weighted by molar-refractivity contribution is -0.176. The molecule has 7 nitrogen and oxygen atoms in total. The van der Waals surface area contributed by atoms with Gasteiger partial charge in [0, 0.05) is 63.5 Å². The summed E-state index contributed by atoms with van der Waals surface area (Å²) in [7, 11) is 3.25. The molecule has 4 saturated carbocycles. The Hall–Kier alpha value is -1.87. The second-order valence-corrected chi connectivity index (χ2v) is 20.1. The van der Waals surface area contributed by atoms with Gasteiger partial charge in [-0.25, -0.2) is 4.79 Å². The molecule has 1 aromatic carbocycles. The van der Waals surface area contributed by atoms with Gasteiger partial charge in [-0.2, -0.15) is 11.8 Å². The van der Waals surface area contributed by atoms with E-state index in [1.165, 1.54) is 93.5 Å². The minimum absolute atomic E-state index is 0. The van der Waals surface area contributed by atoms with Crippen molar-refractivity contribution in [2.75, 3.05) is 51.9 Å². The second kappa shape index (κ2) is 21.6. The lowest BCUT2D eigenvalue weighted by Gasteiger charge is -2.68. The first-order valence-corrected chi connectivity index (χ1v) is 23.6. The number of amides is 1. The molecule has 1 amide bonds. The smallest absolute Gasteiger partial charge is 0.335 e. The molecule has 5 aliphatic carbocycles. The van der Waals surface area contributed by atoms with Gasteiger partial charge < -0.3 is 25.4 Å². The van der Waals surface area contributed by atoms with E-state index < -0.39 is 5.97 Å². The van der Waals surface area contributed by atoms with Crippen LogP contribution in [0.4, 0.5) is 0 Å². The van der Waals surface area contributed by atoms with Crippen molar-refractivity contribution in [1.82, 2.24) is 15.5 Å². The molecule has 326 valence electrons. The summed E-state index contributed by atoms with van der Waals surface area (Å²) in [6.07, 6.45) is 16.1. The standard InChI is InChI=1S/C41H61N3O3S.C3H8.C2H6O.C2H6.CH4/c1-27(42-26-45)30-12-18-41(43-20-21-44-22-24-48-25-23-44)19-14-33-31(36(30)41)10-11-35-39(33,4)17-15-34-38(2,3)32(13-16-40(34,35)5)28-6-8-29(9-7-28)37(46)47;2*1-3-2;1-2;/h6-9,13,26-27,30-31,33-36,43H,10-12,14-25H2,1-5H3,(H,42,45)(H,46,47);3H2,1-2H3;1-2H3;1-2H3;1H4/t27?,30-,31?,33?,34?,35-,36+,39?,40?,41?;;;;/m0..../s1. The monoisotopic (exact) mass is 812 g/mol. The van der Waals surface area contributed by atoms with Crippen LogP contribution in [0.1, 0.15) is 150 Å². The fourth-order valence-corrected chi connectivity index (χ4v) is 14.6. The average molecular weight is 812 g/mol. The van der Waals surface area contributed by atoms with E-state index in [2.05, 4.69) is 86.6 Å². The van der Waals surface area contributed by atoms with E-state index in [1.54, 1.807) is 26.4 Å². The summed E-state index contributed by atoms with van der Waals surface area (Å²) in [4.78, 5) is 25.9. The minimum atomic E-state index is -0.862. The third kappa shape index (κ3) is 10.0. The molecule has 1 aromatic rings. The number of carboxylic acids is 1. The molecule has 0 radical (unpaired) electrons. The Kier molecular flexibility index (Phi) is 18.7. The highest BCUT2D eigenvalue weighted by atomic mass is 32.2. The lowest BCUT2D eigenvalue weighted by atomic mass is 9.36. The Morgan fingerprint density at radius 1 is 0.947 bits per heavy atom. The zero-order valence-corrected chi connectivity index (χ0v) is 38.2. The van der Waals surface area contributed by atoms with Gasteiger partial charge in [0.25, 0.3) is 0 Å². The van der Waals surface area contributed by atoms with Crippen molar-refractivity contribution in [3.8, 4) is 0 Å². The number of benzene rings is 1. The molecular formula is C49H85N3O4S. The number of carboxylic acid groups (broad SMARTS) is 1. The van der Waals surface area contributed by atoms with Gasteiger partial charge in [0.2, 0.25) is 6.41 Å². The van der Waals surface area contributed by atoms with Gasteiger partial charge in [-0.05, 0) is 140 Å². The Bertz CT molecular complexity index is 1430. The van der Waals surface area contributed by atoms with Gasteiger partial charge in [-0.3, -0.25) is 4.79 Å². The molecule has 1 heterocycles. The van der Waals surface area contributed by atoms with Crippen LogP contribution in [0.5, 0.6) is 0 Å². The van der Waals surface area contributed by atoms with Crippen molar-refractivity contribution >= 4 is 29.7 Å². The first-order chi connectivity index (χ1) is 26.8. The van der Waals surface area contributed by atoms with E-state index in [-0.39, 0.29) is 29.8 Å². The Labute approximate surface area is 354 Å². The van der Waals surface area contributed by atoms with Crippen molar-refractivity contribution in [2.45, 2.75) is 146 Å². The van der Waals surface area contributed by atoms with Gasteiger partial charge in [0.1, 0.15) is 0 Å². The molecule has 1 saturated heterocycles. The van der Waals surface area contributed by atoms with Crippen molar-refractivity contribution < 1.29 is 19.4 Å². The van der Waals surface area contributed by atoms with Crippen LogP contribution in [-0.2, 0) is 9.53 Å². The largest absolute Gasteiger partial charge is 0.478 e. The predicted octanol–water partition coefficient (Wildman–Crippen LogP) is 10.9. The number of methoxy groups -OCH3 is 1. The van der Waals surface area contributed by atoms with Crippen LogP contribution in [0, 0.1) is 51.8 Å². The summed E-state index contributed by atoms with van der Waals surface area (Å²) in [6.45, 7) is 25.5. The number of aromatic carboxylic acids is 1. The Morgan fingerprint density at radius 2 is 1.56 bits per heavy atom. The Morgan fingerprint density at radius 3 is 2.16 bits per heavy atom. The number of nitrogens with one attached hydrogen (secondary N) is 2. The number of allylic oxidation sites excluding steroid dienone is 2. The zero-order chi connectivity index (χ0) is 41.3. The van der Waals surface area contributed by atoms with E-state index in [9.17, 15) is 14.7 Å². The van der Waals surface area contributed by atoms with E-state index in [0.29, 0.717) is 34.7 Å². The van der Waals surface area contributed by atoms with Gasteiger partial charge in [0.15, 0.2) is 0 Å². The number of carbonyl (C=O) groups is 2. The predicted molar refractivity (Wildman–Crippen MR) is 244 cm³/mol. The molecule has 57 heavy (non-hydrogen) atoms. The normalized spacial score (nSPS) is 35.4. The summed E-state index contributed by atoms with van der Waals surface area (Å²) < 4.78 is 4.25. The number of hydrogen-bond acceptors (Lipinski definition) is 6. The van der Waals surface area contributed by atoms with E-state index in [4.69, 9.17) is 0 Å². The molecule has 7 rings (SSSR count). The first-order valence-electron chi connectivity index (χ1n) is 22.5. The number of fused-ring (bicyclic) bond motifs is 7. The maximum Gasteiger partial charge on any atom is 0.335 e. The first kappa shape index (κ1) is 49.5. The van der Waals surface area contributed by atoms with E-state index >= 15 is 0 Å². The van der Waals surface area contributed by atoms with Crippen LogP contribution in [0.2, 0.25) is 0 Å². The van der Waals surface area contributed by atoms with E-state index in [1.807, 2.05) is 26.0 Å². The molecule has 0 bridgehead atoms. The highest BCUT2D eigenvalue weighted by molar-refractivity contribution is 7.99. The zero-order valence-electron chi connectivity index (χ0n) is 37.3. The lowest BCUT2D eigenvalue weighted by Crippen LogP contribution is -2.65. The molecule has 0 aromatic heterocycles. The van der Waals surface area contributed by atoms with Crippen LogP contribution >= 0.6 is 11.8 Å². The highest BCUT2D eigenvalue weighted by Crippen LogP contribution is 2.73. The molecule has 7 unspecified atom stereocenters. The fraction of sp³-hybridized carbons (Fsp3) is 0.796. The average Bonchev–Trinajstić information content (AvgIpc) is 3.57. The summed E-state index contributed by atoms with van der Waals surface area (Å²) >= 11 is 2.09. The van der Waals surface area contributed by atoms with Gasteiger partial charge >= 0.3 is 5.97 Å². The summed E-state index contributed by atoms with van der Waals surface area (Å²) in [5.74, 6) is 5.62. The van der Waals surface area contributed by atoms with Crippen molar-refractivity contribution in [3.63, 3.8) is 0 Å². The molecule has 10 atom stereocenters. The molecule has 6 aliphatic rings. The van der Waals surface area contributed by atoms with Crippen LogP contribution in [-0.4, -0.2) is 85.9 Å². The highest BCUT2D eigenvalue weighted by Gasteiger charge is 2.66. The maximum atomic E-state index is 11.7. The number of rotatable bonds is 9. The van der Waals surface area contributed by atoms with Crippen molar-refractivity contribution in [3.05, 3.63) is 41.5 Å². The minimum Gasteiger partial charge on any atom is -0.478 e.